The number of nitrogens with zero attached hydrogens (tertiary/aromatic N) is 4. The lowest BCUT2D eigenvalue weighted by Gasteiger charge is -2.34. The van der Waals surface area contributed by atoms with Gasteiger partial charge in [-0.05, 0) is 32.0 Å². The van der Waals surface area contributed by atoms with Crippen molar-refractivity contribution in [1.29, 1.82) is 0 Å². The van der Waals surface area contributed by atoms with Crippen LogP contribution in [0.3, 0.4) is 0 Å². The van der Waals surface area contributed by atoms with Crippen LogP contribution in [0.2, 0.25) is 0 Å². The van der Waals surface area contributed by atoms with Crippen LogP contribution in [0.15, 0.2) is 34.2 Å². The molecule has 34 heavy (non-hydrogen) atoms. The van der Waals surface area contributed by atoms with Gasteiger partial charge in [0.15, 0.2) is 11.6 Å². The second-order valence-corrected chi connectivity index (χ2v) is 10.3. The van der Waals surface area contributed by atoms with Crippen molar-refractivity contribution in [3.8, 4) is 5.75 Å². The minimum Gasteiger partial charge on any atom is -0.490 e. The van der Waals surface area contributed by atoms with E-state index in [0.717, 1.165) is 66.9 Å². The Balaban J connectivity index is 1.07. The van der Waals surface area contributed by atoms with Gasteiger partial charge in [0.05, 0.1) is 40.6 Å². The number of rotatable bonds is 5. The summed E-state index contributed by atoms with van der Waals surface area (Å²) in [7, 11) is 0. The van der Waals surface area contributed by atoms with E-state index in [1.54, 1.807) is 11.8 Å². The number of nitrogens with one attached hydrogen (secondary N) is 1. The Morgan fingerprint density at radius 3 is 2.85 bits per heavy atom. The third-order valence-electron chi connectivity index (χ3n) is 6.99. The molecule has 3 aliphatic rings. The lowest BCUT2D eigenvalue weighted by molar-refractivity contribution is 0.184. The third kappa shape index (κ3) is 3.97. The largest absolute Gasteiger partial charge is 0.490 e. The molecule has 178 valence electrons. The van der Waals surface area contributed by atoms with Gasteiger partial charge in [0, 0.05) is 49.0 Å². The van der Waals surface area contributed by atoms with Gasteiger partial charge in [0.2, 0.25) is 0 Å². The number of fused-ring (bicyclic) bond motifs is 1. The number of pyridine rings is 3. The standard InChI is InChI=1S/C24H25F2N5O2S/c25-17-8-19-23-22(18(26)10-29-19)14(13-31(23)24(17)32)12-30-3-1-15(2-4-30)27-9-16-7-21-20(11-28-16)33-5-6-34-21/h7-8,10-11,14-15,27H,1-6,9,12-13H2. The van der Waals surface area contributed by atoms with Crippen LogP contribution in [0.5, 0.6) is 5.75 Å². The van der Waals surface area contributed by atoms with Crippen molar-refractivity contribution in [3.63, 3.8) is 0 Å². The van der Waals surface area contributed by atoms with Crippen LogP contribution in [-0.4, -0.2) is 57.5 Å². The van der Waals surface area contributed by atoms with E-state index in [-0.39, 0.29) is 12.5 Å². The Hall–Kier alpha value is -2.56. The summed E-state index contributed by atoms with van der Waals surface area (Å²) in [5.41, 5.74) is 1.57. The van der Waals surface area contributed by atoms with E-state index in [4.69, 9.17) is 4.74 Å². The van der Waals surface area contributed by atoms with Gasteiger partial charge < -0.3 is 19.5 Å². The molecule has 10 heteroatoms. The summed E-state index contributed by atoms with van der Waals surface area (Å²) >= 11 is 1.80. The van der Waals surface area contributed by atoms with Crippen LogP contribution in [0.4, 0.5) is 8.78 Å². The van der Waals surface area contributed by atoms with Gasteiger partial charge in [-0.1, -0.05) is 0 Å². The van der Waals surface area contributed by atoms with E-state index in [1.807, 2.05) is 6.20 Å². The lowest BCUT2D eigenvalue weighted by atomic mass is 9.98. The molecular weight excluding hydrogens is 460 g/mol. The molecule has 1 saturated heterocycles. The molecular formula is C24H25F2N5O2S. The highest BCUT2D eigenvalue weighted by atomic mass is 32.2. The Kier molecular flexibility index (Phi) is 5.74. The molecule has 1 unspecified atom stereocenters. The molecule has 0 spiro atoms. The maximum Gasteiger partial charge on any atom is 0.287 e. The van der Waals surface area contributed by atoms with Crippen LogP contribution < -0.4 is 15.6 Å². The Bertz CT molecular complexity index is 1310. The van der Waals surface area contributed by atoms with E-state index in [1.165, 1.54) is 4.57 Å². The number of likely N-dealkylation sites (tertiary alicyclic amines) is 1. The van der Waals surface area contributed by atoms with E-state index in [0.29, 0.717) is 35.7 Å². The summed E-state index contributed by atoms with van der Waals surface area (Å²) in [5, 5.41) is 3.62. The zero-order chi connectivity index (χ0) is 23.2. The zero-order valence-electron chi connectivity index (χ0n) is 18.6. The van der Waals surface area contributed by atoms with E-state index < -0.39 is 17.2 Å². The summed E-state index contributed by atoms with van der Waals surface area (Å²) in [4.78, 5) is 24.3. The number of hydrogen-bond acceptors (Lipinski definition) is 7. The monoisotopic (exact) mass is 485 g/mol. The quantitative estimate of drug-likeness (QED) is 0.596. The molecule has 7 nitrogen and oxygen atoms in total. The normalized spacial score (nSPS) is 20.5. The van der Waals surface area contributed by atoms with Crippen molar-refractivity contribution >= 4 is 22.8 Å². The van der Waals surface area contributed by atoms with Crippen molar-refractivity contribution in [2.75, 3.05) is 32.0 Å². The smallest absolute Gasteiger partial charge is 0.287 e. The summed E-state index contributed by atoms with van der Waals surface area (Å²) in [6, 6.07) is 3.60. The molecule has 1 N–H and O–H groups in total. The van der Waals surface area contributed by atoms with Crippen molar-refractivity contribution in [1.82, 2.24) is 24.8 Å². The van der Waals surface area contributed by atoms with Crippen LogP contribution in [0, 0.1) is 11.6 Å². The first-order valence-corrected chi connectivity index (χ1v) is 12.6. The first kappa shape index (κ1) is 21.9. The number of piperidine rings is 1. The minimum absolute atomic E-state index is 0.191. The predicted octanol–water partition coefficient (Wildman–Crippen LogP) is 2.91. The highest BCUT2D eigenvalue weighted by Crippen LogP contribution is 2.35. The Morgan fingerprint density at radius 1 is 1.15 bits per heavy atom. The van der Waals surface area contributed by atoms with Crippen molar-refractivity contribution in [3.05, 3.63) is 57.8 Å². The van der Waals surface area contributed by atoms with Crippen molar-refractivity contribution in [2.24, 2.45) is 0 Å². The molecule has 3 aromatic rings. The molecule has 3 aliphatic heterocycles. The minimum atomic E-state index is -0.843. The van der Waals surface area contributed by atoms with E-state index >= 15 is 0 Å². The summed E-state index contributed by atoms with van der Waals surface area (Å²) in [6.45, 7) is 4.12. The van der Waals surface area contributed by atoms with Gasteiger partial charge in [-0.3, -0.25) is 14.8 Å². The average molecular weight is 486 g/mol. The predicted molar refractivity (Wildman–Crippen MR) is 125 cm³/mol. The lowest BCUT2D eigenvalue weighted by Crippen LogP contribution is -2.43. The number of aromatic nitrogens is 3. The van der Waals surface area contributed by atoms with Gasteiger partial charge in [-0.2, -0.15) is 0 Å². The van der Waals surface area contributed by atoms with Crippen molar-refractivity contribution < 1.29 is 13.5 Å². The third-order valence-corrected chi connectivity index (χ3v) is 7.99. The van der Waals surface area contributed by atoms with Crippen molar-refractivity contribution in [2.45, 2.75) is 42.8 Å². The zero-order valence-corrected chi connectivity index (χ0v) is 19.4. The summed E-state index contributed by atoms with van der Waals surface area (Å²) < 4.78 is 35.7. The SMILES string of the molecule is O=c1c(F)cc2ncc(F)c3c2n1CC3CN1CCC(NCc2cc3c(cn2)OCCS3)CC1. The molecule has 1 fully saturated rings. The molecule has 6 rings (SSSR count). The first-order chi connectivity index (χ1) is 16.6. The summed E-state index contributed by atoms with van der Waals surface area (Å²) in [6.07, 6.45) is 4.91. The second kappa shape index (κ2) is 8.90. The van der Waals surface area contributed by atoms with Gasteiger partial charge in [0.1, 0.15) is 5.82 Å². The van der Waals surface area contributed by atoms with Crippen LogP contribution in [0.25, 0.3) is 11.0 Å². The van der Waals surface area contributed by atoms with E-state index in [2.05, 4.69) is 26.3 Å². The highest BCUT2D eigenvalue weighted by molar-refractivity contribution is 7.99. The average Bonchev–Trinajstić information content (AvgIpc) is 3.24. The van der Waals surface area contributed by atoms with Gasteiger partial charge in [0.25, 0.3) is 5.56 Å². The van der Waals surface area contributed by atoms with Crippen LogP contribution in [-0.2, 0) is 13.1 Å². The molecule has 1 atom stereocenters. The van der Waals surface area contributed by atoms with Gasteiger partial charge >= 0.3 is 0 Å². The van der Waals surface area contributed by atoms with E-state index in [9.17, 15) is 13.6 Å². The fourth-order valence-corrected chi connectivity index (χ4v) is 6.16. The van der Waals surface area contributed by atoms with Crippen LogP contribution >= 0.6 is 11.8 Å². The molecule has 0 amide bonds. The molecule has 0 saturated carbocycles. The number of thioether (sulfide) groups is 1. The number of ether oxygens (including phenoxy) is 1. The number of hydrogen-bond donors (Lipinski definition) is 1. The molecule has 0 aliphatic carbocycles. The topological polar surface area (TPSA) is 72.3 Å². The van der Waals surface area contributed by atoms with Gasteiger partial charge in [-0.25, -0.2) is 8.78 Å². The molecule has 0 radical (unpaired) electrons. The maximum atomic E-state index is 14.7. The summed E-state index contributed by atoms with van der Waals surface area (Å²) in [5.74, 6) is 0.378. The second-order valence-electron chi connectivity index (χ2n) is 9.13. The Morgan fingerprint density at radius 2 is 2.00 bits per heavy atom. The molecule has 0 bridgehead atoms. The first-order valence-electron chi connectivity index (χ1n) is 11.6. The number of halogens is 2. The van der Waals surface area contributed by atoms with Crippen LogP contribution in [0.1, 0.15) is 30.0 Å². The molecule has 0 aromatic carbocycles. The fourth-order valence-electron chi connectivity index (χ4n) is 5.30. The maximum absolute atomic E-state index is 14.7. The van der Waals surface area contributed by atoms with Gasteiger partial charge in [-0.15, -0.1) is 11.8 Å². The highest BCUT2D eigenvalue weighted by Gasteiger charge is 2.32. The molecule has 6 heterocycles. The fraction of sp³-hybridized carbons (Fsp3) is 0.458. The Labute approximate surface area is 199 Å². The molecule has 3 aromatic heterocycles.